The van der Waals surface area contributed by atoms with Crippen LogP contribution >= 0.6 is 31.9 Å². The molecule has 0 unspecified atom stereocenters. The Kier molecular flexibility index (Phi) is 7.79. The molecule has 0 saturated carbocycles. The van der Waals surface area contributed by atoms with Crippen LogP contribution in [-0.4, -0.2) is 5.11 Å². The van der Waals surface area contributed by atoms with Gasteiger partial charge in [-0.1, -0.05) is 161 Å². The van der Waals surface area contributed by atoms with E-state index in [0.29, 0.717) is 0 Å². The Morgan fingerprint density at radius 2 is 1.02 bits per heavy atom. The van der Waals surface area contributed by atoms with Gasteiger partial charge in [0.05, 0.1) is 5.60 Å². The maximum Gasteiger partial charge on any atom is 0.0846 e. The predicted molar refractivity (Wildman–Crippen MR) is 217 cm³/mol. The van der Waals surface area contributed by atoms with E-state index in [1.165, 1.54) is 65.3 Å². The first kappa shape index (κ1) is 32.0. The number of halogens is 2. The molecular weight excluding hydrogens is 728 g/mol. The summed E-state index contributed by atoms with van der Waals surface area (Å²) in [6.45, 7) is 8.32. The second-order valence-electron chi connectivity index (χ2n) is 14.1. The van der Waals surface area contributed by atoms with Gasteiger partial charge in [-0.15, -0.1) is 0 Å². The molecule has 1 N–H and O–H groups in total. The summed E-state index contributed by atoms with van der Waals surface area (Å²) in [5, 5.41) is 21.0. The molecular formula is C46H36Br2O. The van der Waals surface area contributed by atoms with Gasteiger partial charge in [-0.05, 0) is 120 Å². The molecule has 0 bridgehead atoms. The maximum atomic E-state index is 10.7. The van der Waals surface area contributed by atoms with Crippen LogP contribution in [0.1, 0.15) is 44.4 Å². The van der Waals surface area contributed by atoms with Crippen LogP contribution in [0, 0.1) is 0 Å². The Labute approximate surface area is 304 Å². The van der Waals surface area contributed by atoms with E-state index in [2.05, 4.69) is 173 Å². The number of rotatable bonds is 2. The van der Waals surface area contributed by atoms with Crippen molar-refractivity contribution in [3.05, 3.63) is 165 Å². The lowest BCUT2D eigenvalue weighted by atomic mass is 9.82. The average molecular weight is 765 g/mol. The van der Waals surface area contributed by atoms with Gasteiger partial charge in [0.25, 0.3) is 0 Å². The fraction of sp³-hybridized carbons (Fsp3) is 0.130. The number of hydrogen-bond donors (Lipinski definition) is 1. The SMILES string of the molecule is CC(C)(O)c1cc(Br)ccc1-c1cccc2c1ccc1ccccc12.CC1(C)c2cc(Br)ccc2-c2c1ccc1c2ccc2ccccc21. The van der Waals surface area contributed by atoms with Crippen molar-refractivity contribution in [3.8, 4) is 22.3 Å². The number of hydrogen-bond acceptors (Lipinski definition) is 1. The van der Waals surface area contributed by atoms with Gasteiger partial charge in [0.2, 0.25) is 0 Å². The van der Waals surface area contributed by atoms with Gasteiger partial charge < -0.3 is 5.11 Å². The summed E-state index contributed by atoms with van der Waals surface area (Å²) >= 11 is 7.18. The quantitative estimate of drug-likeness (QED) is 0.174. The molecule has 1 aliphatic carbocycles. The number of aliphatic hydroxyl groups is 1. The van der Waals surface area contributed by atoms with E-state index < -0.39 is 5.60 Å². The van der Waals surface area contributed by atoms with E-state index >= 15 is 0 Å². The van der Waals surface area contributed by atoms with Crippen LogP contribution in [-0.2, 0) is 11.0 Å². The molecule has 0 amide bonds. The molecule has 8 aromatic rings. The second-order valence-corrected chi connectivity index (χ2v) is 16.0. The molecule has 240 valence electrons. The zero-order valence-electron chi connectivity index (χ0n) is 28.0. The molecule has 3 heteroatoms. The van der Waals surface area contributed by atoms with Gasteiger partial charge in [-0.2, -0.15) is 0 Å². The normalized spacial score (nSPS) is 13.4. The topological polar surface area (TPSA) is 20.2 Å². The lowest BCUT2D eigenvalue weighted by Crippen LogP contribution is -2.16. The summed E-state index contributed by atoms with van der Waals surface area (Å²) in [4.78, 5) is 0. The largest absolute Gasteiger partial charge is 0.386 e. The van der Waals surface area contributed by atoms with Gasteiger partial charge in [0.15, 0.2) is 0 Å². The van der Waals surface area contributed by atoms with E-state index in [0.717, 1.165) is 25.6 Å². The third-order valence-electron chi connectivity index (χ3n) is 10.2. The van der Waals surface area contributed by atoms with Crippen molar-refractivity contribution < 1.29 is 5.11 Å². The van der Waals surface area contributed by atoms with Gasteiger partial charge >= 0.3 is 0 Å². The molecule has 0 spiro atoms. The summed E-state index contributed by atoms with van der Waals surface area (Å²) in [6.07, 6.45) is 0. The van der Waals surface area contributed by atoms with Crippen molar-refractivity contribution in [2.24, 2.45) is 0 Å². The first-order valence-corrected chi connectivity index (χ1v) is 18.3. The highest BCUT2D eigenvalue weighted by atomic mass is 79.9. The van der Waals surface area contributed by atoms with Crippen LogP contribution in [0.5, 0.6) is 0 Å². The fourth-order valence-corrected chi connectivity index (χ4v) is 8.55. The highest BCUT2D eigenvalue weighted by Gasteiger charge is 2.36. The molecule has 0 radical (unpaired) electrons. The standard InChI is InChI=1S/C23H19BrO.C23H17Br/c1-23(2,25)22-14-16(24)11-13-21(22)19-9-5-8-18-17-7-4-3-6-15(17)10-12-20(18)19;1-23(2)20-12-11-17-16-6-4-3-5-14(16)7-9-18(17)22(20)19-10-8-15(24)13-21(19)23/h3-14,25H,1-2H3;3-13H,1-2H3. The van der Waals surface area contributed by atoms with E-state index in [-0.39, 0.29) is 5.41 Å². The summed E-state index contributed by atoms with van der Waals surface area (Å²) in [5.74, 6) is 0. The molecule has 0 aromatic heterocycles. The third kappa shape index (κ3) is 5.40. The highest BCUT2D eigenvalue weighted by molar-refractivity contribution is 9.10. The van der Waals surface area contributed by atoms with Gasteiger partial charge in [0, 0.05) is 14.4 Å². The van der Waals surface area contributed by atoms with Crippen LogP contribution in [0.2, 0.25) is 0 Å². The summed E-state index contributed by atoms with van der Waals surface area (Å²) in [6, 6.07) is 49.9. The minimum absolute atomic E-state index is 0.0360. The lowest BCUT2D eigenvalue weighted by Gasteiger charge is -2.23. The summed E-state index contributed by atoms with van der Waals surface area (Å²) in [7, 11) is 0. The Bertz CT molecular complexity index is 2590. The Hall–Kier alpha value is -4.28. The third-order valence-corrected chi connectivity index (χ3v) is 11.2. The summed E-state index contributed by atoms with van der Waals surface area (Å²) < 4.78 is 2.12. The molecule has 0 aliphatic heterocycles. The van der Waals surface area contributed by atoms with Crippen molar-refractivity contribution in [1.82, 2.24) is 0 Å². The smallest absolute Gasteiger partial charge is 0.0846 e. The second kappa shape index (κ2) is 11.9. The van der Waals surface area contributed by atoms with Crippen LogP contribution in [0.25, 0.3) is 65.3 Å². The monoisotopic (exact) mass is 762 g/mol. The highest BCUT2D eigenvalue weighted by Crippen LogP contribution is 2.52. The first-order chi connectivity index (χ1) is 23.5. The Morgan fingerprint density at radius 3 is 1.69 bits per heavy atom. The van der Waals surface area contributed by atoms with Crippen LogP contribution < -0.4 is 0 Å². The predicted octanol–water partition coefficient (Wildman–Crippen LogP) is 13.7. The van der Waals surface area contributed by atoms with E-state index in [1.807, 2.05) is 26.0 Å². The molecule has 0 fully saturated rings. The van der Waals surface area contributed by atoms with Gasteiger partial charge in [-0.25, -0.2) is 0 Å². The van der Waals surface area contributed by atoms with E-state index in [4.69, 9.17) is 0 Å². The average Bonchev–Trinajstić information content (AvgIpc) is 3.33. The zero-order valence-corrected chi connectivity index (χ0v) is 31.2. The van der Waals surface area contributed by atoms with E-state index in [1.54, 1.807) is 0 Å². The lowest BCUT2D eigenvalue weighted by molar-refractivity contribution is 0.0791. The van der Waals surface area contributed by atoms with Crippen LogP contribution in [0.3, 0.4) is 0 Å². The van der Waals surface area contributed by atoms with E-state index in [9.17, 15) is 5.11 Å². The first-order valence-electron chi connectivity index (χ1n) is 16.7. The van der Waals surface area contributed by atoms with Crippen LogP contribution in [0.15, 0.2) is 148 Å². The van der Waals surface area contributed by atoms with Crippen molar-refractivity contribution in [2.75, 3.05) is 0 Å². The summed E-state index contributed by atoms with van der Waals surface area (Å²) in [5.41, 5.74) is 7.87. The molecule has 49 heavy (non-hydrogen) atoms. The Morgan fingerprint density at radius 1 is 0.469 bits per heavy atom. The molecule has 9 rings (SSSR count). The van der Waals surface area contributed by atoms with Crippen LogP contribution in [0.4, 0.5) is 0 Å². The molecule has 1 nitrogen and oxygen atoms in total. The number of fused-ring (bicyclic) bond motifs is 10. The van der Waals surface area contributed by atoms with Crippen molar-refractivity contribution >= 4 is 74.9 Å². The minimum atomic E-state index is -0.919. The number of benzene rings is 8. The van der Waals surface area contributed by atoms with Gasteiger partial charge in [-0.3, -0.25) is 0 Å². The minimum Gasteiger partial charge on any atom is -0.386 e. The fourth-order valence-electron chi connectivity index (χ4n) is 7.83. The molecule has 0 atom stereocenters. The van der Waals surface area contributed by atoms with Crippen molar-refractivity contribution in [1.29, 1.82) is 0 Å². The zero-order chi connectivity index (χ0) is 34.1. The Balaban J connectivity index is 0.000000142. The molecule has 1 aliphatic rings. The van der Waals surface area contributed by atoms with Gasteiger partial charge in [0.1, 0.15) is 0 Å². The maximum absolute atomic E-state index is 10.7. The molecule has 0 saturated heterocycles. The van der Waals surface area contributed by atoms with Crippen molar-refractivity contribution in [3.63, 3.8) is 0 Å². The molecule has 8 aromatic carbocycles. The van der Waals surface area contributed by atoms with Crippen molar-refractivity contribution in [2.45, 2.75) is 38.7 Å². The molecule has 0 heterocycles.